The van der Waals surface area contributed by atoms with Crippen molar-refractivity contribution in [2.45, 2.75) is 33.4 Å². The van der Waals surface area contributed by atoms with Crippen LogP contribution in [0.5, 0.6) is 11.5 Å². The maximum atomic E-state index is 12.7. The second kappa shape index (κ2) is 9.45. The molecule has 0 saturated carbocycles. The first-order valence-electron chi connectivity index (χ1n) is 8.97. The molecule has 2 amide bonds. The Balaban J connectivity index is 2.10. The van der Waals surface area contributed by atoms with Crippen LogP contribution in [-0.4, -0.2) is 38.3 Å². The van der Waals surface area contributed by atoms with Crippen molar-refractivity contribution < 1.29 is 22.1 Å². The minimum absolute atomic E-state index is 0.0674. The van der Waals surface area contributed by atoms with Gasteiger partial charge in [0.25, 0.3) is 0 Å². The molecule has 7 nitrogen and oxygen atoms in total. The molecule has 0 aromatic heterocycles. The van der Waals surface area contributed by atoms with Crippen LogP contribution in [0.1, 0.15) is 26.3 Å². The summed E-state index contributed by atoms with van der Waals surface area (Å²) < 4.78 is 32.9. The lowest BCUT2D eigenvalue weighted by Crippen LogP contribution is -2.39. The van der Waals surface area contributed by atoms with Crippen LogP contribution in [-0.2, 0) is 16.7 Å². The SMILES string of the molecule is CCOc1ccc(NC(=O)N(Cc2cccc(OS(C)(=O)=O)c2)C(C)C)cc1. The maximum Gasteiger partial charge on any atom is 0.322 e. The highest BCUT2D eigenvalue weighted by Crippen LogP contribution is 2.20. The Bertz CT molecular complexity index is 895. The molecule has 1 N–H and O–H groups in total. The number of hydrogen-bond donors (Lipinski definition) is 1. The number of carbonyl (C=O) groups is 1. The van der Waals surface area contributed by atoms with E-state index in [-0.39, 0.29) is 17.8 Å². The van der Waals surface area contributed by atoms with Gasteiger partial charge >= 0.3 is 16.1 Å². The Morgan fingerprint density at radius 1 is 1.11 bits per heavy atom. The van der Waals surface area contributed by atoms with E-state index in [9.17, 15) is 13.2 Å². The fraction of sp³-hybridized carbons (Fsp3) is 0.350. The van der Waals surface area contributed by atoms with Gasteiger partial charge in [0.15, 0.2) is 0 Å². The average molecular weight is 407 g/mol. The summed E-state index contributed by atoms with van der Waals surface area (Å²) >= 11 is 0. The van der Waals surface area contributed by atoms with E-state index < -0.39 is 10.1 Å². The number of amides is 2. The van der Waals surface area contributed by atoms with Crippen LogP contribution in [0.15, 0.2) is 48.5 Å². The molecule has 0 saturated heterocycles. The van der Waals surface area contributed by atoms with Crippen molar-refractivity contribution in [3.8, 4) is 11.5 Å². The third-order valence-corrected chi connectivity index (χ3v) is 4.29. The molecule has 152 valence electrons. The van der Waals surface area contributed by atoms with Crippen molar-refractivity contribution >= 4 is 21.8 Å². The van der Waals surface area contributed by atoms with E-state index in [1.165, 1.54) is 0 Å². The lowest BCUT2D eigenvalue weighted by atomic mass is 10.2. The summed E-state index contributed by atoms with van der Waals surface area (Å²) in [4.78, 5) is 14.4. The van der Waals surface area contributed by atoms with E-state index >= 15 is 0 Å². The number of ether oxygens (including phenoxy) is 1. The summed E-state index contributed by atoms with van der Waals surface area (Å²) in [5.74, 6) is 0.958. The Morgan fingerprint density at radius 3 is 2.36 bits per heavy atom. The smallest absolute Gasteiger partial charge is 0.322 e. The van der Waals surface area contributed by atoms with Gasteiger partial charge in [0.05, 0.1) is 12.9 Å². The topological polar surface area (TPSA) is 84.9 Å². The van der Waals surface area contributed by atoms with Crippen molar-refractivity contribution in [2.75, 3.05) is 18.2 Å². The predicted molar refractivity (Wildman–Crippen MR) is 109 cm³/mol. The Hall–Kier alpha value is -2.74. The monoisotopic (exact) mass is 406 g/mol. The Kier molecular flexibility index (Phi) is 7.28. The lowest BCUT2D eigenvalue weighted by molar-refractivity contribution is 0.193. The average Bonchev–Trinajstić information content (AvgIpc) is 2.60. The number of rotatable bonds is 8. The van der Waals surface area contributed by atoms with E-state index in [4.69, 9.17) is 8.92 Å². The fourth-order valence-corrected chi connectivity index (χ4v) is 3.01. The van der Waals surface area contributed by atoms with Crippen LogP contribution in [0, 0.1) is 0 Å². The molecular weight excluding hydrogens is 380 g/mol. The van der Waals surface area contributed by atoms with Gasteiger partial charge in [-0.3, -0.25) is 0 Å². The highest BCUT2D eigenvalue weighted by molar-refractivity contribution is 7.86. The van der Waals surface area contributed by atoms with Crippen LogP contribution < -0.4 is 14.2 Å². The van der Waals surface area contributed by atoms with Crippen LogP contribution >= 0.6 is 0 Å². The lowest BCUT2D eigenvalue weighted by Gasteiger charge is -2.27. The van der Waals surface area contributed by atoms with E-state index in [0.29, 0.717) is 18.8 Å². The van der Waals surface area contributed by atoms with E-state index in [1.807, 2.05) is 26.8 Å². The van der Waals surface area contributed by atoms with Crippen LogP contribution in [0.25, 0.3) is 0 Å². The second-order valence-corrected chi connectivity index (χ2v) is 8.12. The maximum absolute atomic E-state index is 12.7. The molecule has 0 atom stereocenters. The number of nitrogens with zero attached hydrogens (tertiary/aromatic N) is 1. The molecule has 8 heteroatoms. The Labute approximate surface area is 166 Å². The van der Waals surface area contributed by atoms with E-state index in [2.05, 4.69) is 5.32 Å². The molecule has 0 fully saturated rings. The van der Waals surface area contributed by atoms with Crippen LogP contribution in [0.4, 0.5) is 10.5 Å². The first-order valence-corrected chi connectivity index (χ1v) is 10.8. The van der Waals surface area contributed by atoms with Gasteiger partial charge in [-0.2, -0.15) is 8.42 Å². The molecule has 2 rings (SSSR count). The number of hydrogen-bond acceptors (Lipinski definition) is 5. The van der Waals surface area contributed by atoms with Crippen LogP contribution in [0.3, 0.4) is 0 Å². The normalized spacial score (nSPS) is 11.2. The van der Waals surface area contributed by atoms with Gasteiger partial charge in [-0.15, -0.1) is 0 Å². The zero-order valence-electron chi connectivity index (χ0n) is 16.5. The highest BCUT2D eigenvalue weighted by atomic mass is 32.2. The third kappa shape index (κ3) is 6.77. The molecule has 0 radical (unpaired) electrons. The highest BCUT2D eigenvalue weighted by Gasteiger charge is 2.18. The van der Waals surface area contributed by atoms with Gasteiger partial charge in [0.2, 0.25) is 0 Å². The predicted octanol–water partition coefficient (Wildman–Crippen LogP) is 3.87. The second-order valence-electron chi connectivity index (χ2n) is 6.54. The fourth-order valence-electron chi connectivity index (χ4n) is 2.55. The summed E-state index contributed by atoms with van der Waals surface area (Å²) in [7, 11) is -3.61. The third-order valence-electron chi connectivity index (χ3n) is 3.80. The summed E-state index contributed by atoms with van der Waals surface area (Å²) in [5, 5.41) is 2.87. The molecule has 0 aliphatic heterocycles. The first kappa shape index (κ1) is 21.6. The standard InChI is InChI=1S/C20H26N2O5S/c1-5-26-18-11-9-17(10-12-18)21-20(23)22(15(2)3)14-16-7-6-8-19(13-16)27-28(4,24)25/h6-13,15H,5,14H2,1-4H3,(H,21,23). The van der Waals surface area contributed by atoms with Crippen molar-refractivity contribution in [1.29, 1.82) is 0 Å². The molecule has 0 spiro atoms. The number of benzene rings is 2. The number of carbonyl (C=O) groups excluding carboxylic acids is 1. The number of anilines is 1. The van der Waals surface area contributed by atoms with Crippen LogP contribution in [0.2, 0.25) is 0 Å². The molecule has 0 bridgehead atoms. The first-order chi connectivity index (χ1) is 13.2. The summed E-state index contributed by atoms with van der Waals surface area (Å²) in [6.45, 7) is 6.62. The molecule has 0 unspecified atom stereocenters. The molecule has 2 aromatic rings. The number of nitrogens with one attached hydrogen (secondary N) is 1. The summed E-state index contributed by atoms with van der Waals surface area (Å²) in [6, 6.07) is 13.5. The molecular formula is C20H26N2O5S. The molecule has 0 aliphatic carbocycles. The van der Waals surface area contributed by atoms with Crippen molar-refractivity contribution in [2.24, 2.45) is 0 Å². The quantitative estimate of drug-likeness (QED) is 0.673. The minimum atomic E-state index is -3.61. The van der Waals surface area contributed by atoms with Gasteiger partial charge < -0.3 is 19.1 Å². The van der Waals surface area contributed by atoms with Gasteiger partial charge in [-0.05, 0) is 62.7 Å². The van der Waals surface area contributed by atoms with Crippen molar-refractivity contribution in [1.82, 2.24) is 4.90 Å². The Morgan fingerprint density at radius 2 is 1.79 bits per heavy atom. The van der Waals surface area contributed by atoms with Gasteiger partial charge in [0.1, 0.15) is 11.5 Å². The minimum Gasteiger partial charge on any atom is -0.494 e. The van der Waals surface area contributed by atoms with Gasteiger partial charge in [-0.1, -0.05) is 12.1 Å². The number of urea groups is 1. The molecule has 0 heterocycles. The summed E-state index contributed by atoms with van der Waals surface area (Å²) in [6.07, 6.45) is 0.990. The summed E-state index contributed by atoms with van der Waals surface area (Å²) in [5.41, 5.74) is 1.42. The van der Waals surface area contributed by atoms with E-state index in [1.54, 1.807) is 47.4 Å². The molecule has 28 heavy (non-hydrogen) atoms. The zero-order chi connectivity index (χ0) is 20.7. The molecule has 2 aromatic carbocycles. The van der Waals surface area contributed by atoms with E-state index in [0.717, 1.165) is 17.6 Å². The molecule has 0 aliphatic rings. The van der Waals surface area contributed by atoms with Crippen molar-refractivity contribution in [3.05, 3.63) is 54.1 Å². The van der Waals surface area contributed by atoms with Gasteiger partial charge in [0, 0.05) is 18.3 Å². The zero-order valence-corrected chi connectivity index (χ0v) is 17.3. The van der Waals surface area contributed by atoms with Crippen molar-refractivity contribution in [3.63, 3.8) is 0 Å². The largest absolute Gasteiger partial charge is 0.494 e. The van der Waals surface area contributed by atoms with Gasteiger partial charge in [-0.25, -0.2) is 4.79 Å².